The van der Waals surface area contributed by atoms with E-state index in [4.69, 9.17) is 18.6 Å². The van der Waals surface area contributed by atoms with Crippen molar-refractivity contribution >= 4 is 11.0 Å². The Balaban J connectivity index is 0.00000117. The zero-order chi connectivity index (χ0) is 19.3. The van der Waals surface area contributed by atoms with Gasteiger partial charge in [-0.3, -0.25) is 4.79 Å². The summed E-state index contributed by atoms with van der Waals surface area (Å²) in [6.07, 6.45) is 0. The molecule has 1 aromatic heterocycles. The summed E-state index contributed by atoms with van der Waals surface area (Å²) < 4.78 is 21.3. The fourth-order valence-electron chi connectivity index (χ4n) is 2.47. The fourth-order valence-corrected chi connectivity index (χ4v) is 2.47. The van der Waals surface area contributed by atoms with Crippen LogP contribution in [-0.2, 0) is 0 Å². The van der Waals surface area contributed by atoms with Crippen molar-refractivity contribution in [2.75, 3.05) is 21.3 Å². The van der Waals surface area contributed by atoms with Crippen LogP contribution in [0, 0.1) is 0 Å². The summed E-state index contributed by atoms with van der Waals surface area (Å²) in [5.41, 5.74) is 0.246. The Hall–Kier alpha value is -3.15. The molecule has 0 saturated heterocycles. The molecule has 0 aliphatic carbocycles. The first-order chi connectivity index (χ1) is 12.6. The van der Waals surface area contributed by atoms with Crippen LogP contribution in [0.2, 0.25) is 0 Å². The minimum absolute atomic E-state index is 0.0745. The van der Waals surface area contributed by atoms with Crippen LogP contribution in [0.1, 0.15) is 13.8 Å². The van der Waals surface area contributed by atoms with Crippen LogP contribution in [0.25, 0.3) is 22.3 Å². The van der Waals surface area contributed by atoms with Gasteiger partial charge in [0.2, 0.25) is 11.2 Å². The summed E-state index contributed by atoms with van der Waals surface area (Å²) in [6, 6.07) is 9.95. The predicted octanol–water partition coefficient (Wildman–Crippen LogP) is 4.22. The average Bonchev–Trinajstić information content (AvgIpc) is 2.71. The van der Waals surface area contributed by atoms with Crippen molar-refractivity contribution in [3.63, 3.8) is 0 Å². The molecular weight excluding hydrogens is 336 g/mol. The lowest BCUT2D eigenvalue weighted by atomic mass is 10.1. The van der Waals surface area contributed by atoms with E-state index < -0.39 is 11.2 Å². The minimum atomic E-state index is -0.568. The molecule has 0 radical (unpaired) electrons. The highest BCUT2D eigenvalue weighted by Crippen LogP contribution is 2.36. The third-order valence-corrected chi connectivity index (χ3v) is 3.72. The molecule has 3 aromatic rings. The van der Waals surface area contributed by atoms with Gasteiger partial charge < -0.3 is 23.7 Å². The van der Waals surface area contributed by atoms with Gasteiger partial charge in [0.1, 0.15) is 28.2 Å². The predicted molar refractivity (Wildman–Crippen MR) is 101 cm³/mol. The largest absolute Gasteiger partial charge is 0.502 e. The Bertz CT molecular complexity index is 941. The number of ether oxygens (including phenoxy) is 3. The second-order valence-corrected chi connectivity index (χ2v) is 5.04. The first-order valence-electron chi connectivity index (χ1n) is 8.15. The van der Waals surface area contributed by atoms with E-state index in [-0.39, 0.29) is 22.5 Å². The summed E-state index contributed by atoms with van der Waals surface area (Å²) in [5, 5.41) is 10.5. The van der Waals surface area contributed by atoms with Crippen LogP contribution in [-0.4, -0.2) is 26.4 Å². The van der Waals surface area contributed by atoms with Gasteiger partial charge in [-0.05, 0) is 24.3 Å². The highest BCUT2D eigenvalue weighted by Gasteiger charge is 2.19. The van der Waals surface area contributed by atoms with Crippen molar-refractivity contribution in [2.24, 2.45) is 0 Å². The molecule has 6 nitrogen and oxygen atoms in total. The molecular formula is C20H22O6. The van der Waals surface area contributed by atoms with E-state index >= 15 is 0 Å². The molecule has 138 valence electrons. The maximum absolute atomic E-state index is 12.6. The molecule has 3 rings (SSSR count). The Morgan fingerprint density at radius 1 is 0.885 bits per heavy atom. The van der Waals surface area contributed by atoms with E-state index in [0.29, 0.717) is 17.1 Å². The highest BCUT2D eigenvalue weighted by molar-refractivity contribution is 5.88. The molecule has 0 atom stereocenters. The number of rotatable bonds is 4. The molecule has 1 N–H and O–H groups in total. The van der Waals surface area contributed by atoms with E-state index in [2.05, 4.69) is 0 Å². The number of aromatic hydroxyl groups is 1. The zero-order valence-electron chi connectivity index (χ0n) is 15.5. The second kappa shape index (κ2) is 8.29. The molecule has 0 amide bonds. The smallest absolute Gasteiger partial charge is 0.238 e. The average molecular weight is 358 g/mol. The van der Waals surface area contributed by atoms with Crippen LogP contribution >= 0.6 is 0 Å². The van der Waals surface area contributed by atoms with Crippen molar-refractivity contribution < 1.29 is 23.7 Å². The van der Waals surface area contributed by atoms with Crippen LogP contribution in [0.15, 0.2) is 45.6 Å². The zero-order valence-corrected chi connectivity index (χ0v) is 15.5. The summed E-state index contributed by atoms with van der Waals surface area (Å²) >= 11 is 0. The molecule has 0 spiro atoms. The number of fused-ring (bicyclic) bond motifs is 1. The van der Waals surface area contributed by atoms with Crippen molar-refractivity contribution in [3.05, 3.63) is 46.6 Å². The van der Waals surface area contributed by atoms with E-state index in [1.807, 2.05) is 13.8 Å². The molecule has 0 saturated carbocycles. The van der Waals surface area contributed by atoms with Gasteiger partial charge in [-0.1, -0.05) is 13.8 Å². The van der Waals surface area contributed by atoms with Crippen LogP contribution in [0.5, 0.6) is 23.0 Å². The lowest BCUT2D eigenvalue weighted by Gasteiger charge is -2.10. The SMILES string of the molecule is CC.COc1ccc(-c2oc3cc(OC)cc(OC)c3c(=O)c2O)cc1. The van der Waals surface area contributed by atoms with Gasteiger partial charge in [-0.2, -0.15) is 0 Å². The first-order valence-corrected chi connectivity index (χ1v) is 8.15. The van der Waals surface area contributed by atoms with Crippen LogP contribution in [0.3, 0.4) is 0 Å². The topological polar surface area (TPSA) is 78.1 Å². The van der Waals surface area contributed by atoms with Crippen molar-refractivity contribution in [1.29, 1.82) is 0 Å². The van der Waals surface area contributed by atoms with E-state index in [1.165, 1.54) is 14.2 Å². The summed E-state index contributed by atoms with van der Waals surface area (Å²) in [5.74, 6) is 1.01. The van der Waals surface area contributed by atoms with E-state index in [9.17, 15) is 9.90 Å². The molecule has 1 heterocycles. The summed E-state index contributed by atoms with van der Waals surface area (Å²) in [6.45, 7) is 4.00. The number of methoxy groups -OCH3 is 3. The van der Waals surface area contributed by atoms with Gasteiger partial charge >= 0.3 is 0 Å². The molecule has 0 aliphatic rings. The summed E-state index contributed by atoms with van der Waals surface area (Å²) in [4.78, 5) is 12.6. The Labute approximate surface area is 151 Å². The van der Waals surface area contributed by atoms with Crippen molar-refractivity contribution in [1.82, 2.24) is 0 Å². The van der Waals surface area contributed by atoms with Gasteiger partial charge in [-0.15, -0.1) is 0 Å². The van der Waals surface area contributed by atoms with Gasteiger partial charge in [0, 0.05) is 17.7 Å². The third kappa shape index (κ3) is 3.44. The van der Waals surface area contributed by atoms with Crippen LogP contribution in [0.4, 0.5) is 0 Å². The van der Waals surface area contributed by atoms with Crippen molar-refractivity contribution in [2.45, 2.75) is 13.8 Å². The third-order valence-electron chi connectivity index (χ3n) is 3.72. The van der Waals surface area contributed by atoms with E-state index in [1.54, 1.807) is 43.5 Å². The molecule has 0 bridgehead atoms. The standard InChI is InChI=1S/C18H16O6.C2H6/c1-21-11-6-4-10(5-7-11)18-17(20)16(19)15-13(23-3)8-12(22-2)9-14(15)24-18;1-2/h4-9,20H,1-3H3;1-2H3. The lowest BCUT2D eigenvalue weighted by Crippen LogP contribution is -2.05. The molecule has 2 aromatic carbocycles. The van der Waals surface area contributed by atoms with Gasteiger partial charge in [0.25, 0.3) is 0 Å². The number of hydrogen-bond acceptors (Lipinski definition) is 6. The second-order valence-electron chi connectivity index (χ2n) is 5.04. The fraction of sp³-hybridized carbons (Fsp3) is 0.250. The van der Waals surface area contributed by atoms with Gasteiger partial charge in [0.15, 0.2) is 5.76 Å². The van der Waals surface area contributed by atoms with Crippen LogP contribution < -0.4 is 19.6 Å². The Morgan fingerprint density at radius 3 is 2.04 bits per heavy atom. The maximum Gasteiger partial charge on any atom is 0.238 e. The molecule has 6 heteroatoms. The first kappa shape index (κ1) is 19.2. The molecule has 0 unspecified atom stereocenters. The quantitative estimate of drug-likeness (QED) is 0.752. The minimum Gasteiger partial charge on any atom is -0.502 e. The van der Waals surface area contributed by atoms with Gasteiger partial charge in [-0.25, -0.2) is 0 Å². The molecule has 0 fully saturated rings. The molecule has 0 aliphatic heterocycles. The van der Waals surface area contributed by atoms with E-state index in [0.717, 1.165) is 0 Å². The van der Waals surface area contributed by atoms with Crippen molar-refractivity contribution in [3.8, 4) is 34.3 Å². The van der Waals surface area contributed by atoms with Gasteiger partial charge in [0.05, 0.1) is 21.3 Å². The Morgan fingerprint density at radius 2 is 1.50 bits per heavy atom. The highest BCUT2D eigenvalue weighted by atomic mass is 16.5. The lowest BCUT2D eigenvalue weighted by molar-refractivity contribution is 0.394. The number of hydrogen-bond donors (Lipinski definition) is 1. The number of benzene rings is 2. The Kier molecular flexibility index (Phi) is 6.11. The monoisotopic (exact) mass is 358 g/mol. The normalized spacial score (nSPS) is 10.0. The maximum atomic E-state index is 12.6. The molecule has 26 heavy (non-hydrogen) atoms. The summed E-state index contributed by atoms with van der Waals surface area (Å²) in [7, 11) is 4.49.